The second-order valence-corrected chi connectivity index (χ2v) is 10.0. The number of hydrogen-bond acceptors (Lipinski definition) is 7. The van der Waals surface area contributed by atoms with Crippen LogP contribution in [-0.4, -0.2) is 37.0 Å². The fourth-order valence-corrected chi connectivity index (χ4v) is 4.94. The number of methoxy groups -OCH3 is 2. The number of hydrogen-bond donors (Lipinski definition) is 3. The number of amidine groups is 1. The van der Waals surface area contributed by atoms with Gasteiger partial charge in [-0.25, -0.2) is 4.99 Å². The molecule has 8 nitrogen and oxygen atoms in total. The van der Waals surface area contributed by atoms with Gasteiger partial charge in [0.2, 0.25) is 5.91 Å². The van der Waals surface area contributed by atoms with Crippen LogP contribution in [0.1, 0.15) is 29.7 Å². The number of anilines is 2. The maximum atomic E-state index is 13.5. The first-order chi connectivity index (χ1) is 18.8. The summed E-state index contributed by atoms with van der Waals surface area (Å²) in [5.41, 5.74) is 5.32. The molecular formula is C30H32N4O4S. The van der Waals surface area contributed by atoms with Gasteiger partial charge in [0.15, 0.2) is 5.17 Å². The maximum Gasteiger partial charge on any atom is 0.255 e. The van der Waals surface area contributed by atoms with Gasteiger partial charge in [-0.3, -0.25) is 9.59 Å². The molecule has 0 saturated heterocycles. The van der Waals surface area contributed by atoms with E-state index in [-0.39, 0.29) is 17.6 Å². The van der Waals surface area contributed by atoms with Crippen molar-refractivity contribution in [2.45, 2.75) is 26.8 Å². The summed E-state index contributed by atoms with van der Waals surface area (Å²) in [4.78, 5) is 31.1. The van der Waals surface area contributed by atoms with E-state index in [4.69, 9.17) is 14.5 Å². The topological polar surface area (TPSA) is 101 Å². The Morgan fingerprint density at radius 2 is 1.72 bits per heavy atom. The third-order valence-electron chi connectivity index (χ3n) is 6.24. The van der Waals surface area contributed by atoms with Gasteiger partial charge in [0.05, 0.1) is 25.5 Å². The summed E-state index contributed by atoms with van der Waals surface area (Å²) in [6, 6.07) is 19.9. The molecule has 0 bridgehead atoms. The number of amides is 2. The summed E-state index contributed by atoms with van der Waals surface area (Å²) in [6.07, 6.45) is 0. The summed E-state index contributed by atoms with van der Waals surface area (Å²) in [5, 5.41) is 9.69. The molecule has 2 amide bonds. The molecule has 3 aromatic rings. The quantitative estimate of drug-likeness (QED) is 0.341. The molecular weight excluding hydrogens is 512 g/mol. The summed E-state index contributed by atoms with van der Waals surface area (Å²) in [6.45, 7) is 5.77. The second-order valence-electron chi connectivity index (χ2n) is 9.08. The molecule has 1 atom stereocenters. The van der Waals surface area contributed by atoms with E-state index in [2.05, 4.69) is 16.0 Å². The highest BCUT2D eigenvalue weighted by Crippen LogP contribution is 2.39. The van der Waals surface area contributed by atoms with Crippen LogP contribution in [0.5, 0.6) is 11.5 Å². The minimum Gasteiger partial charge on any atom is -0.497 e. The van der Waals surface area contributed by atoms with Gasteiger partial charge in [0, 0.05) is 28.7 Å². The van der Waals surface area contributed by atoms with Crippen molar-refractivity contribution < 1.29 is 19.1 Å². The standard InChI is InChI=1S/C30H32N4O4S/c1-18-11-12-19(2)24(15-18)33-26(35)17-39-30-31-20(3)27(29(36)32-21-9-7-6-8-10-21)28(34-30)23-14-13-22(37-4)16-25(23)38-5/h6-16,28H,17H2,1-5H3,(H,31,34)(H,32,36)(H,33,35)/t28-/m0/s1. The number of rotatable bonds is 8. The molecule has 0 unspecified atom stereocenters. The number of thioether (sulfide) groups is 1. The van der Waals surface area contributed by atoms with Crippen LogP contribution in [-0.2, 0) is 9.59 Å². The van der Waals surface area contributed by atoms with Crippen LogP contribution in [0.4, 0.5) is 11.4 Å². The highest BCUT2D eigenvalue weighted by molar-refractivity contribution is 8.14. The number of nitrogens with zero attached hydrogens (tertiary/aromatic N) is 1. The largest absolute Gasteiger partial charge is 0.497 e. The average molecular weight is 545 g/mol. The van der Waals surface area contributed by atoms with E-state index in [1.807, 2.05) is 81.4 Å². The van der Waals surface area contributed by atoms with E-state index >= 15 is 0 Å². The highest BCUT2D eigenvalue weighted by atomic mass is 32.2. The minimum atomic E-state index is -0.666. The van der Waals surface area contributed by atoms with Gasteiger partial charge in [0.1, 0.15) is 17.5 Å². The first kappa shape index (κ1) is 27.8. The van der Waals surface area contributed by atoms with Crippen LogP contribution in [0.2, 0.25) is 0 Å². The van der Waals surface area contributed by atoms with Crippen LogP contribution >= 0.6 is 11.8 Å². The van der Waals surface area contributed by atoms with Crippen LogP contribution < -0.4 is 25.4 Å². The molecule has 0 aliphatic carbocycles. The summed E-state index contributed by atoms with van der Waals surface area (Å²) < 4.78 is 11.0. The molecule has 0 fully saturated rings. The van der Waals surface area contributed by atoms with E-state index in [1.165, 1.54) is 11.8 Å². The molecule has 9 heteroatoms. The predicted molar refractivity (Wildman–Crippen MR) is 158 cm³/mol. The summed E-state index contributed by atoms with van der Waals surface area (Å²) in [7, 11) is 3.15. The van der Waals surface area contributed by atoms with E-state index in [9.17, 15) is 9.59 Å². The number of allylic oxidation sites excluding steroid dienone is 1. The Kier molecular flexibility index (Phi) is 8.93. The van der Waals surface area contributed by atoms with E-state index in [0.29, 0.717) is 39.2 Å². The van der Waals surface area contributed by atoms with Crippen LogP contribution in [0.25, 0.3) is 0 Å². The molecule has 1 aliphatic rings. The number of carbonyl (C=O) groups excluding carboxylic acids is 2. The molecule has 0 spiro atoms. The lowest BCUT2D eigenvalue weighted by molar-refractivity contribution is -0.114. The fraction of sp³-hybridized carbons (Fsp3) is 0.233. The molecule has 1 heterocycles. The summed E-state index contributed by atoms with van der Waals surface area (Å²) in [5.74, 6) is 0.882. The number of ether oxygens (including phenoxy) is 2. The maximum absolute atomic E-state index is 13.5. The monoisotopic (exact) mass is 544 g/mol. The van der Waals surface area contributed by atoms with Gasteiger partial charge < -0.3 is 25.4 Å². The normalized spacial score (nSPS) is 14.7. The highest BCUT2D eigenvalue weighted by Gasteiger charge is 2.32. The van der Waals surface area contributed by atoms with E-state index < -0.39 is 6.04 Å². The van der Waals surface area contributed by atoms with Gasteiger partial charge >= 0.3 is 0 Å². The molecule has 0 radical (unpaired) electrons. The zero-order chi connectivity index (χ0) is 27.9. The number of aliphatic imine (C=N–C) groups is 1. The molecule has 3 N–H and O–H groups in total. The lowest BCUT2D eigenvalue weighted by atomic mass is 9.95. The molecule has 0 aromatic heterocycles. The van der Waals surface area contributed by atoms with Gasteiger partial charge in [-0.05, 0) is 62.2 Å². The molecule has 39 heavy (non-hydrogen) atoms. The van der Waals surface area contributed by atoms with Crippen molar-refractivity contribution in [1.29, 1.82) is 0 Å². The smallest absolute Gasteiger partial charge is 0.255 e. The van der Waals surface area contributed by atoms with Crippen molar-refractivity contribution in [3.05, 3.63) is 94.7 Å². The minimum absolute atomic E-state index is 0.143. The van der Waals surface area contributed by atoms with Crippen molar-refractivity contribution in [2.24, 2.45) is 4.99 Å². The van der Waals surface area contributed by atoms with Crippen molar-refractivity contribution in [3.8, 4) is 11.5 Å². The Balaban J connectivity index is 1.60. The second kappa shape index (κ2) is 12.5. The lowest BCUT2D eigenvalue weighted by Gasteiger charge is -2.27. The van der Waals surface area contributed by atoms with Crippen LogP contribution in [0, 0.1) is 13.8 Å². The Labute approximate surface area is 232 Å². The Morgan fingerprint density at radius 1 is 0.949 bits per heavy atom. The first-order valence-corrected chi connectivity index (χ1v) is 13.4. The molecule has 0 saturated carbocycles. The van der Waals surface area contributed by atoms with E-state index in [1.54, 1.807) is 20.3 Å². The van der Waals surface area contributed by atoms with Crippen molar-refractivity contribution >= 4 is 40.1 Å². The number of aryl methyl sites for hydroxylation is 2. The zero-order valence-corrected chi connectivity index (χ0v) is 23.4. The van der Waals surface area contributed by atoms with Gasteiger partial charge in [-0.15, -0.1) is 0 Å². The Morgan fingerprint density at radius 3 is 2.44 bits per heavy atom. The van der Waals surface area contributed by atoms with Crippen molar-refractivity contribution in [1.82, 2.24) is 5.32 Å². The Hall–Kier alpha value is -4.24. The van der Waals surface area contributed by atoms with E-state index in [0.717, 1.165) is 16.8 Å². The predicted octanol–water partition coefficient (Wildman–Crippen LogP) is 5.61. The fourth-order valence-electron chi connectivity index (χ4n) is 4.19. The first-order valence-electron chi connectivity index (χ1n) is 12.4. The molecule has 202 valence electrons. The van der Waals surface area contributed by atoms with Crippen molar-refractivity contribution in [2.75, 3.05) is 30.6 Å². The third-order valence-corrected chi connectivity index (χ3v) is 7.12. The SMILES string of the molecule is COc1ccc([C@@H]2N=C(SCC(=O)Nc3cc(C)ccc3C)NC(C)=C2C(=O)Nc2ccccc2)c(OC)c1. The molecule has 3 aromatic carbocycles. The van der Waals surface area contributed by atoms with Crippen LogP contribution in [0.3, 0.4) is 0 Å². The molecule has 4 rings (SSSR count). The van der Waals surface area contributed by atoms with Crippen LogP contribution in [0.15, 0.2) is 83.0 Å². The average Bonchev–Trinajstić information content (AvgIpc) is 2.93. The zero-order valence-electron chi connectivity index (χ0n) is 22.6. The number of para-hydroxylation sites is 1. The molecule has 1 aliphatic heterocycles. The lowest BCUT2D eigenvalue weighted by Crippen LogP contribution is -2.33. The van der Waals surface area contributed by atoms with Gasteiger partial charge in [-0.2, -0.15) is 0 Å². The summed E-state index contributed by atoms with van der Waals surface area (Å²) >= 11 is 1.27. The van der Waals surface area contributed by atoms with Gasteiger partial charge in [-0.1, -0.05) is 42.1 Å². The van der Waals surface area contributed by atoms with Gasteiger partial charge in [0.25, 0.3) is 5.91 Å². The third kappa shape index (κ3) is 6.80. The van der Waals surface area contributed by atoms with Crippen molar-refractivity contribution in [3.63, 3.8) is 0 Å². The number of nitrogens with one attached hydrogen (secondary N) is 3. The Bertz CT molecular complexity index is 1440. The number of benzene rings is 3. The number of carbonyl (C=O) groups is 2.